The Labute approximate surface area is 215 Å². The van der Waals surface area contributed by atoms with Crippen LogP contribution in [0.1, 0.15) is 22.8 Å². The summed E-state index contributed by atoms with van der Waals surface area (Å²) >= 11 is 0. The summed E-state index contributed by atoms with van der Waals surface area (Å²) in [6.07, 6.45) is 4.39. The first kappa shape index (κ1) is 24.8. The number of aromatic nitrogens is 6. The minimum atomic E-state index is -0.682. The highest BCUT2D eigenvalue weighted by atomic mass is 19.1. The van der Waals surface area contributed by atoms with Crippen LogP contribution in [0.5, 0.6) is 11.6 Å². The van der Waals surface area contributed by atoms with Crippen molar-refractivity contribution >= 4 is 17.0 Å². The molecule has 0 unspecified atom stereocenters. The van der Waals surface area contributed by atoms with Gasteiger partial charge in [0.05, 0.1) is 50.9 Å². The molecule has 0 radical (unpaired) electrons. The molecule has 0 aliphatic rings. The number of hydrogen-bond acceptors (Lipinski definition) is 8. The molecule has 0 N–H and O–H groups in total. The Morgan fingerprint density at radius 1 is 1.00 bits per heavy atom. The van der Waals surface area contributed by atoms with E-state index in [-0.39, 0.29) is 36.1 Å². The molecular formula is C26H22F2N6O4. The van der Waals surface area contributed by atoms with Gasteiger partial charge in [0.25, 0.3) is 5.95 Å². The molecule has 0 amide bonds. The van der Waals surface area contributed by atoms with Crippen LogP contribution >= 0.6 is 0 Å². The second-order valence-corrected chi connectivity index (χ2v) is 8.09. The topological polar surface area (TPSA) is 106 Å². The predicted octanol–water partition coefficient (Wildman–Crippen LogP) is 4.20. The Kier molecular flexibility index (Phi) is 6.69. The number of ether oxygens (including phenoxy) is 3. The van der Waals surface area contributed by atoms with E-state index in [1.54, 1.807) is 36.0 Å². The first-order valence-electron chi connectivity index (χ1n) is 11.5. The zero-order chi connectivity index (χ0) is 26.8. The Hall–Kier alpha value is -4.87. The van der Waals surface area contributed by atoms with Crippen LogP contribution < -0.4 is 9.47 Å². The Morgan fingerprint density at radius 2 is 1.79 bits per heavy atom. The number of halogens is 2. The van der Waals surface area contributed by atoms with E-state index in [0.717, 1.165) is 5.56 Å². The largest absolute Gasteiger partial charge is 0.496 e. The SMILES string of the molecule is CCOC(=O)c1cnn(-c2nc(OC)c3c(cnn3Cc3ccc(-c4c(F)cccc4F)c(OC)c3)n2)c1. The summed E-state index contributed by atoms with van der Waals surface area (Å²) in [7, 11) is 2.91. The molecule has 10 nitrogen and oxygen atoms in total. The maximum absolute atomic E-state index is 14.4. The molecule has 0 aliphatic heterocycles. The van der Waals surface area contributed by atoms with E-state index in [0.29, 0.717) is 22.3 Å². The molecule has 0 atom stereocenters. The highest BCUT2D eigenvalue weighted by Gasteiger charge is 2.19. The molecule has 0 fully saturated rings. The van der Waals surface area contributed by atoms with E-state index in [1.165, 1.54) is 49.5 Å². The third-order valence-electron chi connectivity index (χ3n) is 5.77. The molecule has 0 saturated carbocycles. The molecule has 12 heteroatoms. The van der Waals surface area contributed by atoms with Crippen molar-refractivity contribution in [2.45, 2.75) is 13.5 Å². The van der Waals surface area contributed by atoms with Crippen molar-refractivity contribution in [2.24, 2.45) is 0 Å². The van der Waals surface area contributed by atoms with Gasteiger partial charge in [0, 0.05) is 11.8 Å². The van der Waals surface area contributed by atoms with Crippen LogP contribution in [0.2, 0.25) is 0 Å². The lowest BCUT2D eigenvalue weighted by Gasteiger charge is -2.13. The molecule has 0 saturated heterocycles. The zero-order valence-corrected chi connectivity index (χ0v) is 20.7. The minimum Gasteiger partial charge on any atom is -0.496 e. The lowest BCUT2D eigenvalue weighted by molar-refractivity contribution is 0.0526. The van der Waals surface area contributed by atoms with Gasteiger partial charge in [0.2, 0.25) is 5.88 Å². The molecule has 0 spiro atoms. The average Bonchev–Trinajstić information content (AvgIpc) is 3.57. The number of carbonyl (C=O) groups excluding carboxylic acids is 1. The Morgan fingerprint density at radius 3 is 2.50 bits per heavy atom. The van der Waals surface area contributed by atoms with Crippen molar-refractivity contribution in [1.29, 1.82) is 0 Å². The van der Waals surface area contributed by atoms with Crippen molar-refractivity contribution in [1.82, 2.24) is 29.5 Å². The molecule has 194 valence electrons. The second-order valence-electron chi connectivity index (χ2n) is 8.09. The fraction of sp³-hybridized carbons (Fsp3) is 0.192. The number of nitrogens with zero attached hydrogens (tertiary/aromatic N) is 6. The quantitative estimate of drug-likeness (QED) is 0.280. The molecule has 5 rings (SSSR count). The number of carbonyl (C=O) groups is 1. The van der Waals surface area contributed by atoms with Gasteiger partial charge in [-0.1, -0.05) is 18.2 Å². The number of fused-ring (bicyclic) bond motifs is 1. The molecule has 38 heavy (non-hydrogen) atoms. The van der Waals surface area contributed by atoms with Crippen molar-refractivity contribution < 1.29 is 27.8 Å². The maximum atomic E-state index is 14.4. The molecule has 3 heterocycles. The van der Waals surface area contributed by atoms with Crippen LogP contribution in [0, 0.1) is 11.6 Å². The molecule has 0 aliphatic carbocycles. The van der Waals surface area contributed by atoms with Gasteiger partial charge in [0.15, 0.2) is 0 Å². The summed E-state index contributed by atoms with van der Waals surface area (Å²) in [4.78, 5) is 20.9. The normalized spacial score (nSPS) is 11.1. The van der Waals surface area contributed by atoms with Gasteiger partial charge in [-0.15, -0.1) is 0 Å². The summed E-state index contributed by atoms with van der Waals surface area (Å²) in [6.45, 7) is 2.23. The van der Waals surface area contributed by atoms with Crippen molar-refractivity contribution in [3.63, 3.8) is 0 Å². The summed E-state index contributed by atoms with van der Waals surface area (Å²) < 4.78 is 47.7. The Bertz CT molecular complexity index is 1630. The average molecular weight is 520 g/mol. The fourth-order valence-electron chi connectivity index (χ4n) is 4.04. The smallest absolute Gasteiger partial charge is 0.341 e. The number of rotatable bonds is 8. The van der Waals surface area contributed by atoms with Gasteiger partial charge < -0.3 is 14.2 Å². The van der Waals surface area contributed by atoms with Crippen LogP contribution in [-0.2, 0) is 11.3 Å². The molecule has 0 bridgehead atoms. The van der Waals surface area contributed by atoms with E-state index >= 15 is 0 Å². The lowest BCUT2D eigenvalue weighted by atomic mass is 10.0. The van der Waals surface area contributed by atoms with Gasteiger partial charge in [-0.3, -0.25) is 4.68 Å². The monoisotopic (exact) mass is 520 g/mol. The van der Waals surface area contributed by atoms with Crippen molar-refractivity contribution in [3.05, 3.63) is 77.8 Å². The highest BCUT2D eigenvalue weighted by molar-refractivity contribution is 5.89. The van der Waals surface area contributed by atoms with E-state index in [2.05, 4.69) is 20.2 Å². The zero-order valence-electron chi connectivity index (χ0n) is 20.7. The van der Waals surface area contributed by atoms with Crippen LogP contribution in [0.3, 0.4) is 0 Å². The standard InChI is InChI=1S/C26H22F2N6O4/c1-4-38-25(35)16-11-29-34(14-16)26-31-20-12-30-33(23(20)24(32-26)37-3)13-15-8-9-17(21(10-15)36-2)22-18(27)6-5-7-19(22)28/h5-12,14H,4,13H2,1-3H3. The number of benzene rings is 2. The first-order valence-corrected chi connectivity index (χ1v) is 11.5. The van der Waals surface area contributed by atoms with Gasteiger partial charge >= 0.3 is 5.97 Å². The summed E-state index contributed by atoms with van der Waals surface area (Å²) in [5.74, 6) is -1.13. The predicted molar refractivity (Wildman–Crippen MR) is 132 cm³/mol. The number of methoxy groups -OCH3 is 2. The molecular weight excluding hydrogens is 498 g/mol. The second kappa shape index (κ2) is 10.2. The maximum Gasteiger partial charge on any atom is 0.341 e. The highest BCUT2D eigenvalue weighted by Crippen LogP contribution is 2.35. The van der Waals surface area contributed by atoms with Crippen molar-refractivity contribution in [2.75, 3.05) is 20.8 Å². The number of hydrogen-bond donors (Lipinski definition) is 0. The third-order valence-corrected chi connectivity index (χ3v) is 5.77. The van der Waals surface area contributed by atoms with E-state index < -0.39 is 17.6 Å². The van der Waals surface area contributed by atoms with Crippen LogP contribution in [0.15, 0.2) is 55.0 Å². The summed E-state index contributed by atoms with van der Waals surface area (Å²) in [5, 5.41) is 8.58. The van der Waals surface area contributed by atoms with E-state index in [4.69, 9.17) is 14.2 Å². The third kappa shape index (κ3) is 4.51. The summed E-state index contributed by atoms with van der Waals surface area (Å²) in [5.41, 5.74) is 2.16. The van der Waals surface area contributed by atoms with Gasteiger partial charge in [-0.2, -0.15) is 15.2 Å². The van der Waals surface area contributed by atoms with Crippen molar-refractivity contribution in [3.8, 4) is 28.7 Å². The molecule has 5 aromatic rings. The molecule has 2 aromatic carbocycles. The van der Waals surface area contributed by atoms with Gasteiger partial charge in [-0.05, 0) is 30.7 Å². The number of esters is 1. The molecule has 3 aromatic heterocycles. The van der Waals surface area contributed by atoms with Crippen LogP contribution in [-0.4, -0.2) is 56.3 Å². The lowest BCUT2D eigenvalue weighted by Crippen LogP contribution is -2.07. The fourth-order valence-corrected chi connectivity index (χ4v) is 4.04. The first-order chi connectivity index (χ1) is 18.4. The Balaban J connectivity index is 1.48. The van der Waals surface area contributed by atoms with Gasteiger partial charge in [0.1, 0.15) is 28.4 Å². The van der Waals surface area contributed by atoms with Gasteiger partial charge in [-0.25, -0.2) is 23.2 Å². The van der Waals surface area contributed by atoms with E-state index in [1.807, 2.05) is 0 Å². The van der Waals surface area contributed by atoms with Crippen LogP contribution in [0.25, 0.3) is 28.1 Å². The van der Waals surface area contributed by atoms with E-state index in [9.17, 15) is 13.6 Å². The van der Waals surface area contributed by atoms with Crippen LogP contribution in [0.4, 0.5) is 8.78 Å². The minimum absolute atomic E-state index is 0.159. The summed E-state index contributed by atoms with van der Waals surface area (Å²) in [6, 6.07) is 8.74.